The molecular formula is C24H20N2O2S2. The molecule has 4 rings (SSSR count). The van der Waals surface area contributed by atoms with Crippen molar-refractivity contribution < 1.29 is 9.53 Å². The number of aryl methyl sites for hydroxylation is 1. The van der Waals surface area contributed by atoms with Gasteiger partial charge in [0.1, 0.15) is 5.75 Å². The zero-order valence-electron chi connectivity index (χ0n) is 16.6. The Labute approximate surface area is 184 Å². The minimum atomic E-state index is -0.134. The Bertz CT molecular complexity index is 1100. The molecule has 0 aliphatic carbocycles. The number of methoxy groups -OCH3 is 1. The molecule has 0 atom stereocenters. The molecule has 4 nitrogen and oxygen atoms in total. The van der Waals surface area contributed by atoms with Gasteiger partial charge in [-0.2, -0.15) is 0 Å². The number of rotatable bonds is 5. The maximum absolute atomic E-state index is 12.3. The number of hydrogen-bond donors (Lipinski definition) is 1. The third kappa shape index (κ3) is 5.14. The van der Waals surface area contributed by atoms with E-state index in [1.807, 2.05) is 42.5 Å². The number of hydrogen-bond acceptors (Lipinski definition) is 5. The molecule has 150 valence electrons. The number of amides is 1. The van der Waals surface area contributed by atoms with Gasteiger partial charge in [0.2, 0.25) is 0 Å². The first-order chi connectivity index (χ1) is 14.6. The standard InChI is InChI=1S/C24H20N2O2S2/c1-16-3-11-20(12-4-16)29-21-13-5-17(6-14-21)15-22-23(27)26-24(30-22)25-18-7-9-19(28-2)10-8-18/h3-15H,1-2H3,(H,25,26,27)/b22-15-. The normalized spacial score (nSPS) is 16.1. The molecule has 1 saturated heterocycles. The number of nitrogens with zero attached hydrogens (tertiary/aromatic N) is 1. The first-order valence-corrected chi connectivity index (χ1v) is 11.0. The largest absolute Gasteiger partial charge is 0.497 e. The van der Waals surface area contributed by atoms with Crippen molar-refractivity contribution >= 4 is 46.4 Å². The van der Waals surface area contributed by atoms with Crippen LogP contribution in [-0.4, -0.2) is 18.2 Å². The van der Waals surface area contributed by atoms with Gasteiger partial charge in [-0.15, -0.1) is 0 Å². The van der Waals surface area contributed by atoms with Gasteiger partial charge in [0.15, 0.2) is 5.17 Å². The summed E-state index contributed by atoms with van der Waals surface area (Å²) in [6.07, 6.45) is 1.89. The molecule has 0 saturated carbocycles. The van der Waals surface area contributed by atoms with Gasteiger partial charge in [-0.25, -0.2) is 4.99 Å². The first kappa shape index (κ1) is 20.3. The predicted octanol–water partition coefficient (Wildman–Crippen LogP) is 6.05. The Morgan fingerprint density at radius 2 is 1.57 bits per heavy atom. The summed E-state index contributed by atoms with van der Waals surface area (Å²) in [6, 6.07) is 24.0. The minimum absolute atomic E-state index is 0.134. The summed E-state index contributed by atoms with van der Waals surface area (Å²) in [6.45, 7) is 2.08. The Morgan fingerprint density at radius 1 is 0.933 bits per heavy atom. The molecule has 3 aromatic rings. The third-order valence-electron chi connectivity index (χ3n) is 4.39. The minimum Gasteiger partial charge on any atom is -0.497 e. The maximum Gasteiger partial charge on any atom is 0.264 e. The molecule has 1 aliphatic rings. The van der Waals surface area contributed by atoms with E-state index < -0.39 is 0 Å². The van der Waals surface area contributed by atoms with Crippen molar-refractivity contribution in [3.8, 4) is 5.75 Å². The Morgan fingerprint density at radius 3 is 2.20 bits per heavy atom. The van der Waals surface area contributed by atoms with Crippen LogP contribution in [0.4, 0.5) is 5.69 Å². The van der Waals surface area contributed by atoms with Crippen molar-refractivity contribution in [2.24, 2.45) is 4.99 Å². The van der Waals surface area contributed by atoms with Crippen LogP contribution in [-0.2, 0) is 4.79 Å². The second-order valence-corrected chi connectivity index (χ2v) is 8.84. The SMILES string of the molecule is COc1ccc(N=C2NC(=O)/C(=C/c3ccc(Sc4ccc(C)cc4)cc3)S2)cc1. The number of benzene rings is 3. The van der Waals surface area contributed by atoms with Crippen LogP contribution in [0.1, 0.15) is 11.1 Å². The number of amidine groups is 1. The molecule has 0 radical (unpaired) electrons. The molecule has 6 heteroatoms. The second kappa shape index (κ2) is 9.24. The molecular weight excluding hydrogens is 412 g/mol. The van der Waals surface area contributed by atoms with E-state index >= 15 is 0 Å². The van der Waals surface area contributed by atoms with Gasteiger partial charge >= 0.3 is 0 Å². The first-order valence-electron chi connectivity index (χ1n) is 9.37. The van der Waals surface area contributed by atoms with Gasteiger partial charge in [0.25, 0.3) is 5.91 Å². The van der Waals surface area contributed by atoms with Crippen LogP contribution in [0.2, 0.25) is 0 Å². The highest BCUT2D eigenvalue weighted by Gasteiger charge is 2.23. The average Bonchev–Trinajstić information content (AvgIpc) is 3.10. The number of ether oxygens (including phenoxy) is 1. The van der Waals surface area contributed by atoms with Crippen LogP contribution < -0.4 is 10.1 Å². The summed E-state index contributed by atoms with van der Waals surface area (Å²) in [5.74, 6) is 0.636. The highest BCUT2D eigenvalue weighted by Crippen LogP contribution is 2.31. The lowest BCUT2D eigenvalue weighted by Crippen LogP contribution is -2.19. The van der Waals surface area contributed by atoms with Crippen molar-refractivity contribution in [2.75, 3.05) is 7.11 Å². The van der Waals surface area contributed by atoms with E-state index in [0.717, 1.165) is 21.9 Å². The number of thioether (sulfide) groups is 1. The smallest absolute Gasteiger partial charge is 0.264 e. The van der Waals surface area contributed by atoms with E-state index in [1.165, 1.54) is 22.2 Å². The van der Waals surface area contributed by atoms with E-state index in [-0.39, 0.29) is 5.91 Å². The lowest BCUT2D eigenvalue weighted by Gasteiger charge is -2.03. The highest BCUT2D eigenvalue weighted by molar-refractivity contribution is 8.18. The van der Waals surface area contributed by atoms with Gasteiger partial charge in [0, 0.05) is 9.79 Å². The molecule has 1 fully saturated rings. The zero-order chi connectivity index (χ0) is 20.9. The van der Waals surface area contributed by atoms with Gasteiger partial charge < -0.3 is 10.1 Å². The predicted molar refractivity (Wildman–Crippen MR) is 126 cm³/mol. The number of aliphatic imine (C=N–C) groups is 1. The molecule has 0 unspecified atom stereocenters. The number of nitrogens with one attached hydrogen (secondary N) is 1. The van der Waals surface area contributed by atoms with Crippen LogP contribution in [0, 0.1) is 6.92 Å². The van der Waals surface area contributed by atoms with Gasteiger partial charge in [-0.3, -0.25) is 4.79 Å². The summed E-state index contributed by atoms with van der Waals surface area (Å²) in [5.41, 5.74) is 2.99. The topological polar surface area (TPSA) is 50.7 Å². The summed E-state index contributed by atoms with van der Waals surface area (Å²) in [5, 5.41) is 3.39. The maximum atomic E-state index is 12.3. The summed E-state index contributed by atoms with van der Waals surface area (Å²) < 4.78 is 5.15. The van der Waals surface area contributed by atoms with Crippen LogP contribution in [0.5, 0.6) is 5.75 Å². The molecule has 0 bridgehead atoms. The van der Waals surface area contributed by atoms with Crippen molar-refractivity contribution in [2.45, 2.75) is 16.7 Å². The molecule has 30 heavy (non-hydrogen) atoms. The lowest BCUT2D eigenvalue weighted by molar-refractivity contribution is -0.115. The summed E-state index contributed by atoms with van der Waals surface area (Å²) in [7, 11) is 1.62. The quantitative estimate of drug-likeness (QED) is 0.499. The molecule has 1 amide bonds. The fourth-order valence-corrected chi connectivity index (χ4v) is 4.44. The van der Waals surface area contributed by atoms with E-state index in [4.69, 9.17) is 4.74 Å². The molecule has 0 spiro atoms. The van der Waals surface area contributed by atoms with Gasteiger partial charge in [-0.05, 0) is 78.9 Å². The fraction of sp³-hybridized carbons (Fsp3) is 0.0833. The highest BCUT2D eigenvalue weighted by atomic mass is 32.2. The molecule has 1 heterocycles. The summed E-state index contributed by atoms with van der Waals surface area (Å²) in [4.78, 5) is 19.8. The van der Waals surface area contributed by atoms with Crippen molar-refractivity contribution in [1.82, 2.24) is 5.32 Å². The third-order valence-corrected chi connectivity index (χ3v) is 6.31. The average molecular weight is 433 g/mol. The van der Waals surface area contributed by atoms with Crippen molar-refractivity contribution in [1.29, 1.82) is 0 Å². The lowest BCUT2D eigenvalue weighted by atomic mass is 10.2. The summed E-state index contributed by atoms with van der Waals surface area (Å²) >= 11 is 3.06. The fourth-order valence-electron chi connectivity index (χ4n) is 2.78. The Balaban J connectivity index is 1.44. The number of carbonyl (C=O) groups excluding carboxylic acids is 1. The van der Waals surface area contributed by atoms with Gasteiger partial charge in [0.05, 0.1) is 17.7 Å². The molecule has 3 aromatic carbocycles. The van der Waals surface area contributed by atoms with E-state index in [0.29, 0.717) is 10.1 Å². The molecule has 1 aliphatic heterocycles. The van der Waals surface area contributed by atoms with E-state index in [1.54, 1.807) is 18.9 Å². The second-order valence-electron chi connectivity index (χ2n) is 6.66. The van der Waals surface area contributed by atoms with Crippen molar-refractivity contribution in [3.63, 3.8) is 0 Å². The van der Waals surface area contributed by atoms with E-state index in [2.05, 4.69) is 53.6 Å². The van der Waals surface area contributed by atoms with Crippen LogP contribution in [0.15, 0.2) is 92.5 Å². The van der Waals surface area contributed by atoms with Crippen LogP contribution in [0.3, 0.4) is 0 Å². The van der Waals surface area contributed by atoms with Crippen molar-refractivity contribution in [3.05, 3.63) is 88.8 Å². The van der Waals surface area contributed by atoms with E-state index in [9.17, 15) is 4.79 Å². The molecule has 0 aromatic heterocycles. The molecule has 1 N–H and O–H groups in total. The Kier molecular flexibility index (Phi) is 6.26. The number of carbonyl (C=O) groups is 1. The Hall–Kier alpha value is -2.96. The monoisotopic (exact) mass is 432 g/mol. The van der Waals surface area contributed by atoms with Crippen LogP contribution in [0.25, 0.3) is 6.08 Å². The van der Waals surface area contributed by atoms with Gasteiger partial charge in [-0.1, -0.05) is 41.6 Å². The van der Waals surface area contributed by atoms with Crippen LogP contribution >= 0.6 is 23.5 Å². The zero-order valence-corrected chi connectivity index (χ0v) is 18.2.